The van der Waals surface area contributed by atoms with Crippen molar-refractivity contribution < 1.29 is 0 Å². The predicted molar refractivity (Wildman–Crippen MR) is 84.3 cm³/mol. The van der Waals surface area contributed by atoms with Crippen LogP contribution < -0.4 is 0 Å². The average Bonchev–Trinajstić information content (AvgIpc) is 2.96. The Hall–Kier alpha value is -2.94. The van der Waals surface area contributed by atoms with Crippen molar-refractivity contribution in [2.75, 3.05) is 0 Å². The molecule has 3 nitrogen and oxygen atoms in total. The van der Waals surface area contributed by atoms with Gasteiger partial charge in [-0.1, -0.05) is 48.5 Å². The summed E-state index contributed by atoms with van der Waals surface area (Å²) < 4.78 is 1.95. The SMILES string of the molecule is c1ccc(-c2nn(-c3ccccc3)c3cnccc23)cc1. The lowest BCUT2D eigenvalue weighted by molar-refractivity contribution is 0.913. The topological polar surface area (TPSA) is 30.7 Å². The summed E-state index contributed by atoms with van der Waals surface area (Å²) in [5.74, 6) is 0. The number of para-hydroxylation sites is 1. The van der Waals surface area contributed by atoms with Crippen LogP contribution in [0.4, 0.5) is 0 Å². The van der Waals surface area contributed by atoms with E-state index in [1.165, 1.54) is 0 Å². The summed E-state index contributed by atoms with van der Waals surface area (Å²) in [6.07, 6.45) is 3.67. The highest BCUT2D eigenvalue weighted by Gasteiger charge is 2.12. The number of benzene rings is 2. The summed E-state index contributed by atoms with van der Waals surface area (Å²) in [7, 11) is 0. The molecule has 0 aliphatic heterocycles. The third-order valence-corrected chi connectivity index (χ3v) is 3.53. The highest BCUT2D eigenvalue weighted by atomic mass is 15.3. The molecule has 0 unspecified atom stereocenters. The number of hydrogen-bond acceptors (Lipinski definition) is 2. The Kier molecular flexibility index (Phi) is 2.75. The first kappa shape index (κ1) is 11.9. The van der Waals surface area contributed by atoms with Gasteiger partial charge in [-0.15, -0.1) is 0 Å². The molecule has 21 heavy (non-hydrogen) atoms. The molecule has 0 saturated carbocycles. The Morgan fingerprint density at radius 2 is 1.48 bits per heavy atom. The van der Waals surface area contributed by atoms with Gasteiger partial charge < -0.3 is 0 Å². The third kappa shape index (κ3) is 1.99. The van der Waals surface area contributed by atoms with E-state index in [-0.39, 0.29) is 0 Å². The van der Waals surface area contributed by atoms with Crippen molar-refractivity contribution in [3.05, 3.63) is 79.1 Å². The Bertz CT molecular complexity index is 807. The molecule has 2 aromatic carbocycles. The van der Waals surface area contributed by atoms with E-state index in [1.807, 2.05) is 71.7 Å². The molecule has 0 fully saturated rings. The maximum atomic E-state index is 4.81. The van der Waals surface area contributed by atoms with E-state index >= 15 is 0 Å². The summed E-state index contributed by atoms with van der Waals surface area (Å²) in [6, 6.07) is 22.4. The van der Waals surface area contributed by atoms with E-state index < -0.39 is 0 Å². The van der Waals surface area contributed by atoms with Gasteiger partial charge in [0.15, 0.2) is 0 Å². The van der Waals surface area contributed by atoms with Crippen LogP contribution in [0.5, 0.6) is 0 Å². The Balaban J connectivity index is 2.02. The fourth-order valence-corrected chi connectivity index (χ4v) is 2.54. The first-order valence-corrected chi connectivity index (χ1v) is 6.87. The molecular weight excluding hydrogens is 258 g/mol. The van der Waals surface area contributed by atoms with Gasteiger partial charge in [0.2, 0.25) is 0 Å². The second-order valence-electron chi connectivity index (χ2n) is 4.85. The molecule has 0 atom stereocenters. The number of hydrogen-bond donors (Lipinski definition) is 0. The Morgan fingerprint density at radius 3 is 2.24 bits per heavy atom. The maximum Gasteiger partial charge on any atom is 0.101 e. The first-order chi connectivity index (χ1) is 10.4. The van der Waals surface area contributed by atoms with Crippen molar-refractivity contribution in [1.82, 2.24) is 14.8 Å². The number of fused-ring (bicyclic) bond motifs is 1. The van der Waals surface area contributed by atoms with Gasteiger partial charge in [0.25, 0.3) is 0 Å². The smallest absolute Gasteiger partial charge is 0.101 e. The van der Waals surface area contributed by atoms with Crippen molar-refractivity contribution in [3.8, 4) is 16.9 Å². The minimum atomic E-state index is 0.983. The molecule has 2 aromatic heterocycles. The zero-order chi connectivity index (χ0) is 14.1. The zero-order valence-corrected chi connectivity index (χ0v) is 11.3. The Labute approximate surface area is 122 Å². The van der Waals surface area contributed by atoms with Crippen molar-refractivity contribution in [2.24, 2.45) is 0 Å². The van der Waals surface area contributed by atoms with Crippen LogP contribution in [0, 0.1) is 0 Å². The number of aromatic nitrogens is 3. The molecule has 0 spiro atoms. The van der Waals surface area contributed by atoms with Crippen molar-refractivity contribution in [1.29, 1.82) is 0 Å². The molecule has 2 heterocycles. The maximum absolute atomic E-state index is 4.81. The van der Waals surface area contributed by atoms with Crippen LogP contribution in [0.1, 0.15) is 0 Å². The van der Waals surface area contributed by atoms with Crippen LogP contribution in [0.15, 0.2) is 79.1 Å². The molecule has 0 saturated heterocycles. The van der Waals surface area contributed by atoms with Crippen molar-refractivity contribution in [3.63, 3.8) is 0 Å². The predicted octanol–water partition coefficient (Wildman–Crippen LogP) is 4.09. The van der Waals surface area contributed by atoms with E-state index in [9.17, 15) is 0 Å². The molecular formula is C18H13N3. The first-order valence-electron chi connectivity index (χ1n) is 6.87. The summed E-state index contributed by atoms with van der Waals surface area (Å²) in [5.41, 5.74) is 4.15. The lowest BCUT2D eigenvalue weighted by Gasteiger charge is -2.01. The molecule has 0 N–H and O–H groups in total. The zero-order valence-electron chi connectivity index (χ0n) is 11.3. The van der Waals surface area contributed by atoms with Crippen LogP contribution in [0.3, 0.4) is 0 Å². The van der Waals surface area contributed by atoms with Crippen LogP contribution in [0.25, 0.3) is 27.8 Å². The van der Waals surface area contributed by atoms with Gasteiger partial charge >= 0.3 is 0 Å². The van der Waals surface area contributed by atoms with E-state index in [0.717, 1.165) is 27.8 Å². The summed E-state index contributed by atoms with van der Waals surface area (Å²) in [5, 5.41) is 5.92. The van der Waals surface area contributed by atoms with E-state index in [1.54, 1.807) is 0 Å². The summed E-state index contributed by atoms with van der Waals surface area (Å²) in [6.45, 7) is 0. The summed E-state index contributed by atoms with van der Waals surface area (Å²) in [4.78, 5) is 4.25. The van der Waals surface area contributed by atoms with Gasteiger partial charge in [-0.2, -0.15) is 5.10 Å². The quantitative estimate of drug-likeness (QED) is 0.550. The van der Waals surface area contributed by atoms with Crippen molar-refractivity contribution >= 4 is 10.9 Å². The van der Waals surface area contributed by atoms with Crippen LogP contribution in [-0.2, 0) is 0 Å². The molecule has 0 bridgehead atoms. The molecule has 4 rings (SSSR count). The largest absolute Gasteiger partial charge is 0.262 e. The number of pyridine rings is 1. The van der Waals surface area contributed by atoms with E-state index in [4.69, 9.17) is 5.10 Å². The normalized spacial score (nSPS) is 10.9. The third-order valence-electron chi connectivity index (χ3n) is 3.53. The van der Waals surface area contributed by atoms with Gasteiger partial charge in [0, 0.05) is 17.1 Å². The lowest BCUT2D eigenvalue weighted by Crippen LogP contribution is -1.95. The Morgan fingerprint density at radius 1 is 0.762 bits per heavy atom. The van der Waals surface area contributed by atoms with Gasteiger partial charge in [0.05, 0.1) is 17.4 Å². The molecule has 0 amide bonds. The lowest BCUT2D eigenvalue weighted by atomic mass is 10.1. The van der Waals surface area contributed by atoms with Gasteiger partial charge in [-0.05, 0) is 18.2 Å². The highest BCUT2D eigenvalue weighted by Crippen LogP contribution is 2.28. The average molecular weight is 271 g/mol. The van der Waals surface area contributed by atoms with E-state index in [2.05, 4.69) is 17.1 Å². The van der Waals surface area contributed by atoms with Crippen LogP contribution >= 0.6 is 0 Å². The second kappa shape index (κ2) is 4.87. The molecule has 0 radical (unpaired) electrons. The monoisotopic (exact) mass is 271 g/mol. The van der Waals surface area contributed by atoms with Gasteiger partial charge in [0.1, 0.15) is 5.69 Å². The molecule has 0 aliphatic carbocycles. The van der Waals surface area contributed by atoms with Gasteiger partial charge in [-0.25, -0.2) is 4.68 Å². The van der Waals surface area contributed by atoms with Crippen LogP contribution in [-0.4, -0.2) is 14.8 Å². The van der Waals surface area contributed by atoms with Crippen LogP contribution in [0.2, 0.25) is 0 Å². The molecule has 0 aliphatic rings. The number of nitrogens with zero attached hydrogens (tertiary/aromatic N) is 3. The van der Waals surface area contributed by atoms with Gasteiger partial charge in [-0.3, -0.25) is 4.98 Å². The fourth-order valence-electron chi connectivity index (χ4n) is 2.54. The number of rotatable bonds is 2. The van der Waals surface area contributed by atoms with Crippen molar-refractivity contribution in [2.45, 2.75) is 0 Å². The highest BCUT2D eigenvalue weighted by molar-refractivity contribution is 5.93. The fraction of sp³-hybridized carbons (Fsp3) is 0. The van der Waals surface area contributed by atoms with E-state index in [0.29, 0.717) is 0 Å². The standard InChI is InChI=1S/C18H13N3/c1-3-7-14(8-4-1)18-16-11-12-19-13-17(16)21(20-18)15-9-5-2-6-10-15/h1-13H. The molecule has 3 heteroatoms. The minimum absolute atomic E-state index is 0.983. The minimum Gasteiger partial charge on any atom is -0.262 e. The summed E-state index contributed by atoms with van der Waals surface area (Å²) >= 11 is 0. The second-order valence-corrected chi connectivity index (χ2v) is 4.85. The molecule has 4 aromatic rings. The molecule has 100 valence electrons.